The number of nitrogens with zero attached hydrogens (tertiary/aromatic N) is 4. The van der Waals surface area contributed by atoms with Crippen molar-refractivity contribution in [3.63, 3.8) is 0 Å². The Labute approximate surface area is 191 Å². The number of rotatable bonds is 5. The third-order valence-electron chi connectivity index (χ3n) is 6.11. The summed E-state index contributed by atoms with van der Waals surface area (Å²) in [6.07, 6.45) is 4.01. The molecule has 2 aliphatic heterocycles. The summed E-state index contributed by atoms with van der Waals surface area (Å²) in [5.41, 5.74) is 2.10. The molecular formula is C24H26F2N6O. The summed E-state index contributed by atoms with van der Waals surface area (Å²) in [6, 6.07) is 6.99. The molecule has 0 spiro atoms. The largest absolute Gasteiger partial charge is 0.486 e. The average Bonchev–Trinajstić information content (AvgIpc) is 3.35. The number of nitrogens with one attached hydrogen (secondary N) is 2. The van der Waals surface area contributed by atoms with Crippen LogP contribution in [0.5, 0.6) is 5.75 Å². The summed E-state index contributed by atoms with van der Waals surface area (Å²) in [5, 5.41) is 6.37. The van der Waals surface area contributed by atoms with Gasteiger partial charge in [-0.25, -0.2) is 23.7 Å². The molecule has 2 aliphatic rings. The number of anilines is 3. The Morgan fingerprint density at radius 2 is 2.03 bits per heavy atom. The first-order valence-electron chi connectivity index (χ1n) is 11.2. The predicted octanol–water partition coefficient (Wildman–Crippen LogP) is 4.24. The highest BCUT2D eigenvalue weighted by atomic mass is 19.1. The summed E-state index contributed by atoms with van der Waals surface area (Å²) in [4.78, 5) is 14.8. The normalized spacial score (nSPS) is 17.7. The fourth-order valence-electron chi connectivity index (χ4n) is 4.38. The zero-order chi connectivity index (χ0) is 22.9. The molecule has 0 aliphatic carbocycles. The summed E-state index contributed by atoms with van der Waals surface area (Å²) in [7, 11) is 0. The fourth-order valence-corrected chi connectivity index (χ4v) is 4.38. The lowest BCUT2D eigenvalue weighted by Gasteiger charge is -2.34. The Kier molecular flexibility index (Phi) is 5.80. The van der Waals surface area contributed by atoms with Crippen molar-refractivity contribution in [2.75, 3.05) is 36.5 Å². The monoisotopic (exact) mass is 452 g/mol. The van der Waals surface area contributed by atoms with Gasteiger partial charge in [0.15, 0.2) is 17.4 Å². The maximum Gasteiger partial charge on any atom is 0.229 e. The van der Waals surface area contributed by atoms with E-state index in [0.717, 1.165) is 25.7 Å². The van der Waals surface area contributed by atoms with Crippen LogP contribution in [0.1, 0.15) is 31.7 Å². The lowest BCUT2D eigenvalue weighted by Crippen LogP contribution is -2.38. The number of benzene rings is 1. The molecule has 9 heteroatoms. The second-order valence-corrected chi connectivity index (χ2v) is 8.62. The van der Waals surface area contributed by atoms with Gasteiger partial charge in [-0.1, -0.05) is 6.07 Å². The Balaban J connectivity index is 1.43. The van der Waals surface area contributed by atoms with Crippen LogP contribution in [0, 0.1) is 11.6 Å². The van der Waals surface area contributed by atoms with E-state index >= 15 is 0 Å². The SMILES string of the molecule is CC(C)N1CCOc2c(F)cc(-c3nc(Nc4ccc(C5CCNC5)cn4)ncc3F)cc21. The van der Waals surface area contributed by atoms with Crippen LogP contribution in [0.25, 0.3) is 11.3 Å². The van der Waals surface area contributed by atoms with E-state index in [1.807, 2.05) is 37.1 Å². The molecule has 1 aromatic carbocycles. The molecule has 3 aromatic rings. The maximum absolute atomic E-state index is 14.9. The third kappa shape index (κ3) is 4.32. The van der Waals surface area contributed by atoms with Gasteiger partial charge in [0.2, 0.25) is 5.95 Å². The van der Waals surface area contributed by atoms with E-state index in [1.165, 1.54) is 11.6 Å². The van der Waals surface area contributed by atoms with Gasteiger partial charge < -0.3 is 20.3 Å². The van der Waals surface area contributed by atoms with Crippen molar-refractivity contribution in [1.29, 1.82) is 0 Å². The molecule has 1 unspecified atom stereocenters. The average molecular weight is 453 g/mol. The van der Waals surface area contributed by atoms with Gasteiger partial charge in [0.1, 0.15) is 18.1 Å². The van der Waals surface area contributed by atoms with Gasteiger partial charge in [0, 0.05) is 24.3 Å². The van der Waals surface area contributed by atoms with Crippen LogP contribution < -0.4 is 20.3 Å². The smallest absolute Gasteiger partial charge is 0.229 e. The highest BCUT2D eigenvalue weighted by Gasteiger charge is 2.25. The fraction of sp³-hybridized carbons (Fsp3) is 0.375. The zero-order valence-electron chi connectivity index (χ0n) is 18.6. The highest BCUT2D eigenvalue weighted by Crippen LogP contribution is 2.39. The topological polar surface area (TPSA) is 75.2 Å². The Morgan fingerprint density at radius 1 is 1.15 bits per heavy atom. The zero-order valence-corrected chi connectivity index (χ0v) is 18.6. The molecule has 0 saturated carbocycles. The highest BCUT2D eigenvalue weighted by molar-refractivity contribution is 5.73. The first-order chi connectivity index (χ1) is 16.0. The van der Waals surface area contributed by atoms with Crippen LogP contribution >= 0.6 is 0 Å². The van der Waals surface area contributed by atoms with Gasteiger partial charge in [-0.05, 0) is 56.5 Å². The molecule has 1 atom stereocenters. The molecule has 1 fully saturated rings. The molecule has 5 rings (SSSR count). The van der Waals surface area contributed by atoms with E-state index in [2.05, 4.69) is 25.6 Å². The summed E-state index contributed by atoms with van der Waals surface area (Å²) >= 11 is 0. The summed E-state index contributed by atoms with van der Waals surface area (Å²) in [5.74, 6) is 0.216. The first kappa shape index (κ1) is 21.5. The van der Waals surface area contributed by atoms with E-state index in [-0.39, 0.29) is 23.4 Å². The Bertz CT molecular complexity index is 1150. The predicted molar refractivity (Wildman–Crippen MR) is 123 cm³/mol. The van der Waals surface area contributed by atoms with Crippen LogP contribution in [0.15, 0.2) is 36.7 Å². The molecule has 7 nitrogen and oxygen atoms in total. The van der Waals surface area contributed by atoms with E-state index < -0.39 is 11.6 Å². The van der Waals surface area contributed by atoms with Crippen molar-refractivity contribution in [2.45, 2.75) is 32.2 Å². The second-order valence-electron chi connectivity index (χ2n) is 8.62. The molecular weight excluding hydrogens is 426 g/mol. The molecule has 0 radical (unpaired) electrons. The number of aromatic nitrogens is 3. The van der Waals surface area contributed by atoms with Crippen molar-refractivity contribution < 1.29 is 13.5 Å². The Morgan fingerprint density at radius 3 is 2.76 bits per heavy atom. The number of ether oxygens (including phenoxy) is 1. The first-order valence-corrected chi connectivity index (χ1v) is 11.2. The molecule has 0 amide bonds. The van der Waals surface area contributed by atoms with Gasteiger partial charge in [0.05, 0.1) is 18.4 Å². The van der Waals surface area contributed by atoms with Crippen molar-refractivity contribution >= 4 is 17.5 Å². The van der Waals surface area contributed by atoms with Crippen LogP contribution in [-0.4, -0.2) is 47.2 Å². The standard InChI is InChI=1S/C24H26F2N6O/c1-14(2)32-7-8-33-23-18(25)9-17(10-20(23)32)22-19(26)13-29-24(31-22)30-21-4-3-15(12-28-21)16-5-6-27-11-16/h3-4,9-10,12-14,16,27H,5-8,11H2,1-2H3,(H,28,29,30,31). The molecule has 2 aromatic heterocycles. The van der Waals surface area contributed by atoms with Crippen LogP contribution in [0.4, 0.5) is 26.2 Å². The summed E-state index contributed by atoms with van der Waals surface area (Å²) in [6.45, 7) is 7.05. The second kappa shape index (κ2) is 8.90. The van der Waals surface area contributed by atoms with Crippen LogP contribution in [0.3, 0.4) is 0 Å². The third-order valence-corrected chi connectivity index (χ3v) is 6.11. The lowest BCUT2D eigenvalue weighted by atomic mass is 10.0. The lowest BCUT2D eigenvalue weighted by molar-refractivity contribution is 0.287. The van der Waals surface area contributed by atoms with Crippen molar-refractivity contribution in [3.05, 3.63) is 53.9 Å². The maximum atomic E-state index is 14.9. The van der Waals surface area contributed by atoms with Gasteiger partial charge in [0.25, 0.3) is 0 Å². The number of fused-ring (bicyclic) bond motifs is 1. The quantitative estimate of drug-likeness (QED) is 0.600. The van der Waals surface area contributed by atoms with E-state index in [4.69, 9.17) is 4.74 Å². The molecule has 172 valence electrons. The number of halogens is 2. The molecule has 2 N–H and O–H groups in total. The van der Waals surface area contributed by atoms with Crippen molar-refractivity contribution in [3.8, 4) is 17.0 Å². The number of hydrogen-bond donors (Lipinski definition) is 2. The number of pyridine rings is 1. The van der Waals surface area contributed by atoms with Crippen molar-refractivity contribution in [2.24, 2.45) is 0 Å². The van der Waals surface area contributed by atoms with Gasteiger partial charge in [-0.15, -0.1) is 0 Å². The van der Waals surface area contributed by atoms with Crippen molar-refractivity contribution in [1.82, 2.24) is 20.3 Å². The molecule has 33 heavy (non-hydrogen) atoms. The van der Waals surface area contributed by atoms with Gasteiger partial charge >= 0.3 is 0 Å². The summed E-state index contributed by atoms with van der Waals surface area (Å²) < 4.78 is 35.1. The van der Waals surface area contributed by atoms with Crippen LogP contribution in [0.2, 0.25) is 0 Å². The van der Waals surface area contributed by atoms with Gasteiger partial charge in [-0.3, -0.25) is 0 Å². The molecule has 1 saturated heterocycles. The van der Waals surface area contributed by atoms with E-state index in [1.54, 1.807) is 6.07 Å². The minimum atomic E-state index is -0.634. The molecule has 0 bridgehead atoms. The minimum absolute atomic E-state index is 0.0112. The van der Waals surface area contributed by atoms with Gasteiger partial charge in [-0.2, -0.15) is 0 Å². The van der Waals surface area contributed by atoms with E-state index in [0.29, 0.717) is 36.1 Å². The molecule has 4 heterocycles. The minimum Gasteiger partial charge on any atom is -0.486 e. The Hall–Kier alpha value is -3.33. The van der Waals surface area contributed by atoms with E-state index in [9.17, 15) is 8.78 Å². The number of hydrogen-bond acceptors (Lipinski definition) is 7. The van der Waals surface area contributed by atoms with Crippen LogP contribution in [-0.2, 0) is 0 Å².